The molecule has 0 unspecified atom stereocenters. The minimum atomic E-state index is -1.11. The molecule has 0 saturated heterocycles. The predicted octanol–water partition coefficient (Wildman–Crippen LogP) is 0.670. The quantitative estimate of drug-likeness (QED) is 0.625. The van der Waals surface area contributed by atoms with Crippen LogP contribution in [-0.4, -0.2) is 38.1 Å². The van der Waals surface area contributed by atoms with Crippen LogP contribution in [0, 0.1) is 6.92 Å². The topological polar surface area (TPSA) is 120 Å². The van der Waals surface area contributed by atoms with Gasteiger partial charge in [-0.2, -0.15) is 0 Å². The molecule has 2 aromatic heterocycles. The molecule has 112 valence electrons. The third kappa shape index (κ3) is 4.56. The van der Waals surface area contributed by atoms with Gasteiger partial charge < -0.3 is 20.7 Å². The van der Waals surface area contributed by atoms with E-state index >= 15 is 0 Å². The number of hydrogen-bond acceptors (Lipinski definition) is 5. The average molecular weight is 309 g/mol. The Balaban J connectivity index is 1.84. The molecule has 1 atom stereocenters. The van der Waals surface area contributed by atoms with Crippen molar-refractivity contribution < 1.29 is 14.7 Å². The number of rotatable bonds is 6. The smallest absolute Gasteiger partial charge is 0.326 e. The Labute approximate surface area is 124 Å². The third-order valence-corrected chi connectivity index (χ3v) is 3.50. The highest BCUT2D eigenvalue weighted by Crippen LogP contribution is 2.07. The van der Waals surface area contributed by atoms with Crippen LogP contribution < -0.4 is 10.6 Å². The first kappa shape index (κ1) is 15.0. The first-order valence-electron chi connectivity index (χ1n) is 6.20. The summed E-state index contributed by atoms with van der Waals surface area (Å²) < 4.78 is 0. The number of hydrogen-bond donors (Lipinski definition) is 4. The largest absolute Gasteiger partial charge is 0.480 e. The number of carbonyl (C=O) groups is 2. The Morgan fingerprint density at radius 3 is 2.90 bits per heavy atom. The van der Waals surface area contributed by atoms with Crippen molar-refractivity contribution >= 4 is 23.3 Å². The van der Waals surface area contributed by atoms with Crippen LogP contribution in [0.25, 0.3) is 0 Å². The lowest BCUT2D eigenvalue weighted by Gasteiger charge is -2.14. The molecule has 0 aliphatic heterocycles. The second-order valence-corrected chi connectivity index (χ2v) is 5.42. The van der Waals surface area contributed by atoms with E-state index in [1.54, 1.807) is 0 Å². The number of aryl methyl sites for hydroxylation is 1. The van der Waals surface area contributed by atoms with Crippen LogP contribution in [0.4, 0.5) is 4.79 Å². The number of amides is 2. The highest BCUT2D eigenvalue weighted by atomic mass is 32.1. The van der Waals surface area contributed by atoms with Crippen molar-refractivity contribution in [3.63, 3.8) is 0 Å². The summed E-state index contributed by atoms with van der Waals surface area (Å²) in [6.07, 6.45) is 3.12. The van der Waals surface area contributed by atoms with Gasteiger partial charge in [0.25, 0.3) is 0 Å². The summed E-state index contributed by atoms with van der Waals surface area (Å²) >= 11 is 1.49. The fourth-order valence-corrected chi connectivity index (χ4v) is 2.30. The summed E-state index contributed by atoms with van der Waals surface area (Å²) in [6.45, 7) is 2.13. The van der Waals surface area contributed by atoms with Crippen molar-refractivity contribution in [2.24, 2.45) is 0 Å². The molecule has 2 heterocycles. The van der Waals surface area contributed by atoms with Gasteiger partial charge in [0.2, 0.25) is 0 Å². The van der Waals surface area contributed by atoms with E-state index in [-0.39, 0.29) is 13.0 Å². The van der Waals surface area contributed by atoms with Crippen molar-refractivity contribution in [3.8, 4) is 0 Å². The molecule has 0 fully saturated rings. The molecule has 0 aliphatic carbocycles. The lowest BCUT2D eigenvalue weighted by atomic mass is 10.2. The highest BCUT2D eigenvalue weighted by molar-refractivity contribution is 7.09. The highest BCUT2D eigenvalue weighted by Gasteiger charge is 2.20. The van der Waals surface area contributed by atoms with Crippen molar-refractivity contribution in [2.75, 3.05) is 0 Å². The molecule has 0 spiro atoms. The first-order valence-corrected chi connectivity index (χ1v) is 7.08. The second kappa shape index (κ2) is 6.84. The molecule has 0 radical (unpaired) electrons. The van der Waals surface area contributed by atoms with E-state index in [1.807, 2.05) is 12.3 Å². The van der Waals surface area contributed by atoms with Crippen molar-refractivity contribution in [1.82, 2.24) is 25.6 Å². The van der Waals surface area contributed by atoms with Crippen LogP contribution in [0.2, 0.25) is 0 Å². The van der Waals surface area contributed by atoms with Crippen LogP contribution in [0.5, 0.6) is 0 Å². The normalized spacial score (nSPS) is 11.9. The average Bonchev–Trinajstić information content (AvgIpc) is 3.07. The number of imidazole rings is 1. The Bertz CT molecular complexity index is 610. The molecule has 21 heavy (non-hydrogen) atoms. The molecular formula is C12H15N5O3S. The Hall–Kier alpha value is -2.42. The molecule has 0 bridgehead atoms. The molecule has 9 heteroatoms. The summed E-state index contributed by atoms with van der Waals surface area (Å²) in [6, 6.07) is -1.57. The molecule has 2 amide bonds. The number of urea groups is 1. The third-order valence-electron chi connectivity index (χ3n) is 2.68. The zero-order valence-corrected chi connectivity index (χ0v) is 12.1. The van der Waals surface area contributed by atoms with E-state index in [0.717, 1.165) is 10.7 Å². The minimum Gasteiger partial charge on any atom is -0.480 e. The molecule has 0 aliphatic rings. The van der Waals surface area contributed by atoms with Gasteiger partial charge in [0.05, 0.1) is 23.6 Å². The van der Waals surface area contributed by atoms with Gasteiger partial charge in [-0.3, -0.25) is 0 Å². The summed E-state index contributed by atoms with van der Waals surface area (Å²) in [4.78, 5) is 33.7. The van der Waals surface area contributed by atoms with E-state index in [2.05, 4.69) is 25.6 Å². The predicted molar refractivity (Wildman–Crippen MR) is 75.9 cm³/mol. The lowest BCUT2D eigenvalue weighted by Crippen LogP contribution is -2.47. The number of carbonyl (C=O) groups excluding carboxylic acids is 1. The number of H-pyrrole nitrogens is 1. The van der Waals surface area contributed by atoms with Gasteiger partial charge >= 0.3 is 12.0 Å². The fraction of sp³-hybridized carbons (Fsp3) is 0.333. The van der Waals surface area contributed by atoms with Gasteiger partial charge in [-0.1, -0.05) is 0 Å². The summed E-state index contributed by atoms with van der Waals surface area (Å²) in [7, 11) is 0. The van der Waals surface area contributed by atoms with E-state index < -0.39 is 18.0 Å². The van der Waals surface area contributed by atoms with Crippen LogP contribution in [0.15, 0.2) is 17.9 Å². The zero-order valence-electron chi connectivity index (χ0n) is 11.3. The van der Waals surface area contributed by atoms with E-state index in [4.69, 9.17) is 5.11 Å². The number of aromatic amines is 1. The molecular weight excluding hydrogens is 294 g/mol. The fourth-order valence-electron chi connectivity index (χ4n) is 1.69. The Kier molecular flexibility index (Phi) is 4.88. The summed E-state index contributed by atoms with van der Waals surface area (Å²) in [5.74, 6) is -1.11. The zero-order chi connectivity index (χ0) is 15.2. The van der Waals surface area contributed by atoms with Gasteiger partial charge in [-0.15, -0.1) is 11.3 Å². The van der Waals surface area contributed by atoms with Crippen LogP contribution in [0.1, 0.15) is 16.4 Å². The number of carboxylic acid groups (broad SMARTS) is 1. The number of aliphatic carboxylic acids is 1. The monoisotopic (exact) mass is 309 g/mol. The molecule has 4 N–H and O–H groups in total. The maximum Gasteiger partial charge on any atom is 0.326 e. The number of thiazole rings is 1. The molecule has 0 aromatic carbocycles. The van der Waals surface area contributed by atoms with Gasteiger partial charge in [-0.05, 0) is 6.92 Å². The molecule has 8 nitrogen and oxygen atoms in total. The van der Waals surface area contributed by atoms with Crippen molar-refractivity contribution in [1.29, 1.82) is 0 Å². The Morgan fingerprint density at radius 2 is 2.33 bits per heavy atom. The SMILES string of the molecule is Cc1nc(CNC(=O)N[C@H](Cc2cnc[nH]2)C(=O)O)cs1. The van der Waals surface area contributed by atoms with E-state index in [0.29, 0.717) is 5.69 Å². The number of nitrogens with zero attached hydrogens (tertiary/aromatic N) is 2. The lowest BCUT2D eigenvalue weighted by molar-refractivity contribution is -0.139. The van der Waals surface area contributed by atoms with Gasteiger partial charge in [0, 0.05) is 23.7 Å². The summed E-state index contributed by atoms with van der Waals surface area (Å²) in [5, 5.41) is 16.9. The summed E-state index contributed by atoms with van der Waals surface area (Å²) in [5.41, 5.74) is 1.38. The van der Waals surface area contributed by atoms with E-state index in [9.17, 15) is 9.59 Å². The van der Waals surface area contributed by atoms with E-state index in [1.165, 1.54) is 23.9 Å². The maximum atomic E-state index is 11.7. The standard InChI is InChI=1S/C12H15N5O3S/c1-7-16-9(5-21-7)4-14-12(20)17-10(11(18)19)2-8-3-13-6-15-8/h3,5-6,10H,2,4H2,1H3,(H,13,15)(H,18,19)(H2,14,17,20)/t10-/m1/s1. The number of aromatic nitrogens is 3. The number of carboxylic acids is 1. The van der Waals surface area contributed by atoms with Crippen LogP contribution in [0.3, 0.4) is 0 Å². The van der Waals surface area contributed by atoms with Gasteiger partial charge in [-0.25, -0.2) is 19.6 Å². The van der Waals surface area contributed by atoms with Gasteiger partial charge in [0.1, 0.15) is 6.04 Å². The van der Waals surface area contributed by atoms with Gasteiger partial charge in [0.15, 0.2) is 0 Å². The van der Waals surface area contributed by atoms with Crippen molar-refractivity contribution in [3.05, 3.63) is 34.3 Å². The maximum absolute atomic E-state index is 11.7. The van der Waals surface area contributed by atoms with Crippen LogP contribution in [-0.2, 0) is 17.8 Å². The molecule has 2 rings (SSSR count). The minimum absolute atomic E-state index is 0.137. The number of nitrogens with one attached hydrogen (secondary N) is 3. The molecule has 2 aromatic rings. The molecule has 0 saturated carbocycles. The second-order valence-electron chi connectivity index (χ2n) is 4.36. The Morgan fingerprint density at radius 1 is 1.52 bits per heavy atom. The first-order chi connectivity index (χ1) is 10.0. The van der Waals surface area contributed by atoms with Crippen LogP contribution >= 0.6 is 11.3 Å². The van der Waals surface area contributed by atoms with Crippen molar-refractivity contribution in [2.45, 2.75) is 25.9 Å².